The van der Waals surface area contributed by atoms with Crippen molar-refractivity contribution >= 4 is 34.7 Å². The van der Waals surface area contributed by atoms with Gasteiger partial charge in [-0.25, -0.2) is 5.43 Å². The van der Waals surface area contributed by atoms with Gasteiger partial charge in [0.05, 0.1) is 23.0 Å². The fourth-order valence-electron chi connectivity index (χ4n) is 2.09. The largest absolute Gasteiger partial charge is 0.504 e. The van der Waals surface area contributed by atoms with Crippen molar-refractivity contribution < 1.29 is 19.4 Å². The maximum absolute atomic E-state index is 12.1. The molecule has 0 radical (unpaired) electrons. The van der Waals surface area contributed by atoms with Crippen molar-refractivity contribution in [2.45, 2.75) is 20.3 Å². The Morgan fingerprint density at radius 1 is 1.23 bits per heavy atom. The van der Waals surface area contributed by atoms with Crippen molar-refractivity contribution in [1.29, 1.82) is 0 Å². The Balaban J connectivity index is 2.00. The van der Waals surface area contributed by atoms with Gasteiger partial charge in [-0.3, -0.25) is 4.79 Å². The normalized spacial score (nSPS) is 10.7. The van der Waals surface area contributed by atoms with E-state index in [1.165, 1.54) is 6.21 Å². The van der Waals surface area contributed by atoms with Gasteiger partial charge in [0.1, 0.15) is 5.75 Å². The molecule has 0 aliphatic rings. The minimum absolute atomic E-state index is 0.0963. The van der Waals surface area contributed by atoms with E-state index < -0.39 is 0 Å². The zero-order chi connectivity index (χ0) is 18.9. The summed E-state index contributed by atoms with van der Waals surface area (Å²) in [6.07, 6.45) is 2.43. The zero-order valence-corrected chi connectivity index (χ0v) is 16.8. The maximum atomic E-state index is 12.1. The number of amides is 1. The quantitative estimate of drug-likeness (QED) is 0.350. The van der Waals surface area contributed by atoms with Crippen LogP contribution in [-0.4, -0.2) is 30.4 Å². The first-order chi connectivity index (χ1) is 12.5. The Kier molecular flexibility index (Phi) is 7.71. The van der Waals surface area contributed by atoms with Gasteiger partial charge in [-0.2, -0.15) is 5.10 Å². The lowest BCUT2D eigenvalue weighted by atomic mass is 10.2. The average Bonchev–Trinajstić information content (AvgIpc) is 2.64. The van der Waals surface area contributed by atoms with Crippen LogP contribution in [0.3, 0.4) is 0 Å². The fourth-order valence-corrected chi connectivity index (χ4v) is 2.71. The number of hydrogen-bond donors (Lipinski definition) is 2. The van der Waals surface area contributed by atoms with Crippen LogP contribution in [0.5, 0.6) is 17.2 Å². The molecule has 2 aromatic carbocycles. The summed E-state index contributed by atoms with van der Waals surface area (Å²) >= 11 is 2.01. The second-order valence-corrected chi connectivity index (χ2v) is 6.52. The molecule has 0 fully saturated rings. The van der Waals surface area contributed by atoms with Crippen molar-refractivity contribution in [2.75, 3.05) is 13.2 Å². The Bertz CT molecular complexity index is 776. The highest BCUT2D eigenvalue weighted by atomic mass is 127. The number of hydrazone groups is 1. The molecule has 0 heterocycles. The molecule has 138 valence electrons. The SMILES string of the molecule is CCCOc1ccc(C(=O)N/N=C\c2cc(I)c(O)c(OCC)c2)cc1. The minimum atomic E-state index is -0.318. The monoisotopic (exact) mass is 468 g/mol. The van der Waals surface area contributed by atoms with Crippen molar-refractivity contribution in [3.8, 4) is 17.2 Å². The molecule has 0 saturated heterocycles. The number of carbonyl (C=O) groups excluding carboxylic acids is 1. The van der Waals surface area contributed by atoms with Crippen molar-refractivity contribution in [2.24, 2.45) is 5.10 Å². The van der Waals surface area contributed by atoms with E-state index in [4.69, 9.17) is 9.47 Å². The number of aromatic hydroxyl groups is 1. The first-order valence-electron chi connectivity index (χ1n) is 8.26. The van der Waals surface area contributed by atoms with Crippen LogP contribution in [0.1, 0.15) is 36.2 Å². The fraction of sp³-hybridized carbons (Fsp3) is 0.263. The highest BCUT2D eigenvalue weighted by Crippen LogP contribution is 2.32. The highest BCUT2D eigenvalue weighted by Gasteiger charge is 2.08. The number of phenols is 1. The third-order valence-corrected chi connectivity index (χ3v) is 4.14. The predicted octanol–water partition coefficient (Wildman–Crippen LogP) is 3.95. The summed E-state index contributed by atoms with van der Waals surface area (Å²) in [5.41, 5.74) is 3.67. The third-order valence-electron chi connectivity index (χ3n) is 3.32. The highest BCUT2D eigenvalue weighted by molar-refractivity contribution is 14.1. The molecule has 6 nitrogen and oxygen atoms in total. The molecule has 26 heavy (non-hydrogen) atoms. The average molecular weight is 468 g/mol. The molecule has 0 spiro atoms. The van der Waals surface area contributed by atoms with Gasteiger partial charge in [0.25, 0.3) is 5.91 Å². The lowest BCUT2D eigenvalue weighted by Gasteiger charge is -2.08. The topological polar surface area (TPSA) is 80.2 Å². The number of hydrogen-bond acceptors (Lipinski definition) is 5. The molecule has 2 N–H and O–H groups in total. The predicted molar refractivity (Wildman–Crippen MR) is 109 cm³/mol. The molecule has 0 saturated carbocycles. The van der Waals surface area contributed by atoms with Crippen LogP contribution >= 0.6 is 22.6 Å². The Morgan fingerprint density at radius 2 is 1.96 bits per heavy atom. The van der Waals surface area contributed by atoms with E-state index in [1.807, 2.05) is 36.4 Å². The second kappa shape index (κ2) is 10.0. The van der Waals surface area contributed by atoms with Gasteiger partial charge in [-0.1, -0.05) is 6.92 Å². The Hall–Kier alpha value is -2.29. The molecule has 0 aliphatic carbocycles. The number of rotatable bonds is 8. The Labute approximate surface area is 166 Å². The van der Waals surface area contributed by atoms with Gasteiger partial charge in [0.15, 0.2) is 11.5 Å². The van der Waals surface area contributed by atoms with E-state index in [0.717, 1.165) is 12.2 Å². The molecule has 2 rings (SSSR count). The van der Waals surface area contributed by atoms with E-state index in [0.29, 0.717) is 33.7 Å². The van der Waals surface area contributed by atoms with E-state index in [2.05, 4.69) is 10.5 Å². The van der Waals surface area contributed by atoms with E-state index >= 15 is 0 Å². The van der Waals surface area contributed by atoms with Crippen LogP contribution in [0.25, 0.3) is 0 Å². The zero-order valence-electron chi connectivity index (χ0n) is 14.7. The lowest BCUT2D eigenvalue weighted by molar-refractivity contribution is 0.0955. The van der Waals surface area contributed by atoms with Gasteiger partial charge in [0, 0.05) is 5.56 Å². The standard InChI is InChI=1S/C19H21IN2O4/c1-3-9-26-15-7-5-14(6-8-15)19(24)22-21-12-13-10-16(20)18(23)17(11-13)25-4-2/h5-8,10-12,23H,3-4,9H2,1-2H3,(H,22,24)/b21-12-. The minimum Gasteiger partial charge on any atom is -0.504 e. The summed E-state index contributed by atoms with van der Waals surface area (Å²) in [7, 11) is 0. The van der Waals surface area contributed by atoms with Crippen molar-refractivity contribution in [1.82, 2.24) is 5.43 Å². The van der Waals surface area contributed by atoms with E-state index in [9.17, 15) is 9.90 Å². The molecule has 7 heteroatoms. The van der Waals surface area contributed by atoms with Crippen LogP contribution in [0, 0.1) is 3.57 Å². The van der Waals surface area contributed by atoms with E-state index in [1.54, 1.807) is 36.4 Å². The molecule has 0 bridgehead atoms. The first kappa shape index (κ1) is 20.0. The number of nitrogens with zero attached hydrogens (tertiary/aromatic N) is 1. The Morgan fingerprint density at radius 3 is 2.62 bits per heavy atom. The second-order valence-electron chi connectivity index (χ2n) is 5.35. The summed E-state index contributed by atoms with van der Waals surface area (Å²) in [4.78, 5) is 12.1. The van der Waals surface area contributed by atoms with Crippen LogP contribution in [-0.2, 0) is 0 Å². The summed E-state index contributed by atoms with van der Waals surface area (Å²) < 4.78 is 11.5. The number of nitrogens with one attached hydrogen (secondary N) is 1. The number of benzene rings is 2. The van der Waals surface area contributed by atoms with Gasteiger partial charge in [-0.05, 0) is 77.9 Å². The maximum Gasteiger partial charge on any atom is 0.271 e. The van der Waals surface area contributed by atoms with Crippen molar-refractivity contribution in [3.63, 3.8) is 0 Å². The van der Waals surface area contributed by atoms with Crippen LogP contribution in [0.15, 0.2) is 41.5 Å². The van der Waals surface area contributed by atoms with Gasteiger partial charge in [-0.15, -0.1) is 0 Å². The number of phenolic OH excluding ortho intramolecular Hbond substituents is 1. The summed E-state index contributed by atoms with van der Waals surface area (Å²) in [6, 6.07) is 10.3. The van der Waals surface area contributed by atoms with Crippen LogP contribution < -0.4 is 14.9 Å². The molecule has 0 atom stereocenters. The van der Waals surface area contributed by atoms with Gasteiger partial charge >= 0.3 is 0 Å². The molecule has 1 amide bonds. The molecular formula is C19H21IN2O4. The smallest absolute Gasteiger partial charge is 0.271 e. The summed E-state index contributed by atoms with van der Waals surface area (Å²) in [5.74, 6) is 0.893. The van der Waals surface area contributed by atoms with Crippen LogP contribution in [0.4, 0.5) is 0 Å². The molecule has 0 aliphatic heterocycles. The molecular weight excluding hydrogens is 447 g/mol. The molecule has 0 unspecified atom stereocenters. The number of halogens is 1. The summed E-state index contributed by atoms with van der Waals surface area (Å²) in [5, 5.41) is 13.9. The third kappa shape index (κ3) is 5.62. The number of ether oxygens (including phenoxy) is 2. The van der Waals surface area contributed by atoms with Gasteiger partial charge in [0.2, 0.25) is 0 Å². The van der Waals surface area contributed by atoms with E-state index in [-0.39, 0.29) is 11.7 Å². The lowest BCUT2D eigenvalue weighted by Crippen LogP contribution is -2.17. The first-order valence-corrected chi connectivity index (χ1v) is 9.34. The van der Waals surface area contributed by atoms with Crippen molar-refractivity contribution in [3.05, 3.63) is 51.1 Å². The molecule has 2 aromatic rings. The molecule has 0 aromatic heterocycles. The van der Waals surface area contributed by atoms with Gasteiger partial charge < -0.3 is 14.6 Å². The van der Waals surface area contributed by atoms with Crippen LogP contribution in [0.2, 0.25) is 0 Å². The number of carbonyl (C=O) groups is 1. The summed E-state index contributed by atoms with van der Waals surface area (Å²) in [6.45, 7) is 4.96.